The molecule has 0 unspecified atom stereocenters. The van der Waals surface area contributed by atoms with E-state index in [9.17, 15) is 9.90 Å². The van der Waals surface area contributed by atoms with Crippen molar-refractivity contribution in [3.8, 4) is 0 Å². The second-order valence-corrected chi connectivity index (χ2v) is 9.18. The molecule has 1 aromatic carbocycles. The van der Waals surface area contributed by atoms with Gasteiger partial charge in [-0.3, -0.25) is 4.79 Å². The van der Waals surface area contributed by atoms with Gasteiger partial charge in [-0.15, -0.1) is 0 Å². The van der Waals surface area contributed by atoms with E-state index in [1.165, 1.54) is 16.5 Å². The molecule has 5 heteroatoms. The summed E-state index contributed by atoms with van der Waals surface area (Å²) in [5.74, 6) is 0.185. The highest BCUT2D eigenvalue weighted by Crippen LogP contribution is 2.39. The van der Waals surface area contributed by atoms with Crippen molar-refractivity contribution in [1.29, 1.82) is 0 Å². The van der Waals surface area contributed by atoms with Gasteiger partial charge in [-0.05, 0) is 63.8 Å². The Morgan fingerprint density at radius 2 is 1.96 bits per heavy atom. The molecule has 5 nitrogen and oxygen atoms in total. The Bertz CT molecular complexity index is 903. The van der Waals surface area contributed by atoms with Gasteiger partial charge in [0.2, 0.25) is 5.91 Å². The smallest absolute Gasteiger partial charge is 0.227 e. The van der Waals surface area contributed by atoms with Gasteiger partial charge in [-0.25, -0.2) is 0 Å². The van der Waals surface area contributed by atoms with Crippen LogP contribution in [-0.2, 0) is 11.2 Å². The Morgan fingerprint density at radius 1 is 1.21 bits per heavy atom. The third kappa shape index (κ3) is 3.25. The molecule has 2 saturated heterocycles. The third-order valence-corrected chi connectivity index (χ3v) is 7.05. The zero-order chi connectivity index (χ0) is 20.1. The molecule has 152 valence electrons. The topological polar surface area (TPSA) is 59.6 Å². The van der Waals surface area contributed by atoms with E-state index >= 15 is 0 Å². The van der Waals surface area contributed by atoms with Crippen LogP contribution in [0.1, 0.15) is 41.6 Å². The van der Waals surface area contributed by atoms with Gasteiger partial charge in [0.05, 0.1) is 12.5 Å². The van der Waals surface area contributed by atoms with Gasteiger partial charge in [0.15, 0.2) is 0 Å². The molecule has 0 aliphatic carbocycles. The van der Waals surface area contributed by atoms with E-state index < -0.39 is 0 Å². The molecular formula is C23H33N3O2. The molecule has 3 heterocycles. The number of carbonyl (C=O) groups excluding carboxylic acids is 1. The number of nitrogens with one attached hydrogen (secondary N) is 1. The van der Waals surface area contributed by atoms with Gasteiger partial charge in [-0.1, -0.05) is 12.1 Å². The first-order valence-electron chi connectivity index (χ1n) is 10.5. The number of hydrogen-bond donors (Lipinski definition) is 2. The van der Waals surface area contributed by atoms with Crippen molar-refractivity contribution in [2.24, 2.45) is 5.41 Å². The number of piperidine rings is 2. The summed E-state index contributed by atoms with van der Waals surface area (Å²) in [6.45, 7) is 9.59. The number of aryl methyl sites for hydroxylation is 3. The molecular weight excluding hydrogens is 350 g/mol. The van der Waals surface area contributed by atoms with Gasteiger partial charge in [0, 0.05) is 48.2 Å². The van der Waals surface area contributed by atoms with Crippen molar-refractivity contribution in [1.82, 2.24) is 14.8 Å². The normalized spacial score (nSPS) is 26.3. The van der Waals surface area contributed by atoms with Gasteiger partial charge in [-0.2, -0.15) is 0 Å². The van der Waals surface area contributed by atoms with Gasteiger partial charge in [0.25, 0.3) is 0 Å². The Labute approximate surface area is 167 Å². The van der Waals surface area contributed by atoms with E-state index in [0.717, 1.165) is 55.7 Å². The standard InChI is InChI=1S/C23H33N3O2/c1-15-6-7-16(2)22-21(15)18(17(3)24-22)12-20(28)26-10-5-9-23(14-26)13-25(4)11-8-19(23)27/h6-7,19,24,27H,5,8-14H2,1-4H3/t19-,23-/m0/s1. The second-order valence-electron chi connectivity index (χ2n) is 9.18. The number of fused-ring (bicyclic) bond motifs is 1. The lowest BCUT2D eigenvalue weighted by atomic mass is 9.71. The molecule has 28 heavy (non-hydrogen) atoms. The Morgan fingerprint density at radius 3 is 2.75 bits per heavy atom. The number of rotatable bonds is 2. The predicted molar refractivity (Wildman–Crippen MR) is 113 cm³/mol. The summed E-state index contributed by atoms with van der Waals surface area (Å²) >= 11 is 0. The van der Waals surface area contributed by atoms with E-state index in [1.807, 2.05) is 4.90 Å². The number of nitrogens with zero attached hydrogens (tertiary/aromatic N) is 2. The minimum absolute atomic E-state index is 0.164. The molecule has 2 fully saturated rings. The molecule has 4 rings (SSSR count). The van der Waals surface area contributed by atoms with Gasteiger partial charge in [0.1, 0.15) is 0 Å². The van der Waals surface area contributed by atoms with Crippen LogP contribution in [0.5, 0.6) is 0 Å². The van der Waals surface area contributed by atoms with Crippen molar-refractivity contribution in [2.75, 3.05) is 33.2 Å². The van der Waals surface area contributed by atoms with Crippen LogP contribution in [-0.4, -0.2) is 65.1 Å². The highest BCUT2D eigenvalue weighted by atomic mass is 16.3. The summed E-state index contributed by atoms with van der Waals surface area (Å²) in [4.78, 5) is 21.1. The summed E-state index contributed by atoms with van der Waals surface area (Å²) < 4.78 is 0. The monoisotopic (exact) mass is 383 g/mol. The maximum Gasteiger partial charge on any atom is 0.227 e. The van der Waals surface area contributed by atoms with E-state index in [2.05, 4.69) is 49.8 Å². The fraction of sp³-hybridized carbons (Fsp3) is 0.609. The highest BCUT2D eigenvalue weighted by Gasteiger charge is 2.45. The van der Waals surface area contributed by atoms with E-state index in [0.29, 0.717) is 13.0 Å². The van der Waals surface area contributed by atoms with E-state index in [4.69, 9.17) is 0 Å². The number of likely N-dealkylation sites (tertiary alicyclic amines) is 2. The largest absolute Gasteiger partial charge is 0.392 e. The molecule has 1 spiro atoms. The van der Waals surface area contributed by atoms with Crippen LogP contribution in [0.2, 0.25) is 0 Å². The molecule has 2 aromatic rings. The van der Waals surface area contributed by atoms with Gasteiger partial charge < -0.3 is 19.9 Å². The molecule has 2 aliphatic heterocycles. The molecule has 0 bridgehead atoms. The zero-order valence-corrected chi connectivity index (χ0v) is 17.6. The third-order valence-electron chi connectivity index (χ3n) is 7.05. The van der Waals surface area contributed by atoms with Crippen molar-refractivity contribution in [3.63, 3.8) is 0 Å². The highest BCUT2D eigenvalue weighted by molar-refractivity contribution is 5.93. The second kappa shape index (κ2) is 7.20. The first-order valence-corrected chi connectivity index (χ1v) is 10.5. The lowest BCUT2D eigenvalue weighted by molar-refractivity contribution is -0.140. The summed E-state index contributed by atoms with van der Waals surface area (Å²) in [5, 5.41) is 11.9. The Hall–Kier alpha value is -1.85. The number of aromatic amines is 1. The average molecular weight is 384 g/mol. The summed E-state index contributed by atoms with van der Waals surface area (Å²) in [5.41, 5.74) is 5.63. The number of aliphatic hydroxyl groups excluding tert-OH is 1. The first kappa shape index (κ1) is 19.5. The van der Waals surface area contributed by atoms with Crippen molar-refractivity contribution in [3.05, 3.63) is 34.5 Å². The maximum absolute atomic E-state index is 13.3. The number of aliphatic hydroxyl groups is 1. The average Bonchev–Trinajstić information content (AvgIpc) is 2.99. The lowest BCUT2D eigenvalue weighted by Crippen LogP contribution is -2.59. The fourth-order valence-electron chi connectivity index (χ4n) is 5.44. The van der Waals surface area contributed by atoms with Crippen LogP contribution in [0.15, 0.2) is 12.1 Å². The number of carbonyl (C=O) groups is 1. The van der Waals surface area contributed by atoms with Crippen LogP contribution in [0.25, 0.3) is 10.9 Å². The number of aromatic nitrogens is 1. The van der Waals surface area contributed by atoms with Crippen molar-refractivity contribution >= 4 is 16.8 Å². The van der Waals surface area contributed by atoms with Crippen molar-refractivity contribution in [2.45, 2.75) is 52.6 Å². The number of hydrogen-bond acceptors (Lipinski definition) is 3. The molecule has 0 radical (unpaired) electrons. The van der Waals surface area contributed by atoms with Crippen LogP contribution < -0.4 is 0 Å². The molecule has 2 N–H and O–H groups in total. The molecule has 2 aliphatic rings. The quantitative estimate of drug-likeness (QED) is 0.838. The Balaban J connectivity index is 1.58. The number of H-pyrrole nitrogens is 1. The fourth-order valence-corrected chi connectivity index (χ4v) is 5.44. The van der Waals surface area contributed by atoms with Crippen LogP contribution in [0.4, 0.5) is 0 Å². The predicted octanol–water partition coefficient (Wildman–Crippen LogP) is 2.94. The van der Waals surface area contributed by atoms with E-state index in [1.54, 1.807) is 0 Å². The summed E-state index contributed by atoms with van der Waals surface area (Å²) in [7, 11) is 2.12. The maximum atomic E-state index is 13.3. The SMILES string of the molecule is Cc1[nH]c2c(C)ccc(C)c2c1CC(=O)N1CCC[C@]2(CN(C)CC[C@@H]2O)C1. The summed E-state index contributed by atoms with van der Waals surface area (Å²) in [6.07, 6.45) is 2.91. The number of amides is 1. The van der Waals surface area contributed by atoms with Crippen LogP contribution >= 0.6 is 0 Å². The minimum Gasteiger partial charge on any atom is -0.392 e. The Kier molecular flexibility index (Phi) is 5.00. The lowest BCUT2D eigenvalue weighted by Gasteiger charge is -2.50. The summed E-state index contributed by atoms with van der Waals surface area (Å²) in [6, 6.07) is 4.28. The van der Waals surface area contributed by atoms with Gasteiger partial charge >= 0.3 is 0 Å². The number of benzene rings is 1. The zero-order valence-electron chi connectivity index (χ0n) is 17.6. The van der Waals surface area contributed by atoms with Crippen LogP contribution in [0.3, 0.4) is 0 Å². The molecule has 0 saturated carbocycles. The first-order chi connectivity index (χ1) is 13.3. The molecule has 2 atom stereocenters. The minimum atomic E-state index is -0.306. The van der Waals surface area contributed by atoms with Crippen LogP contribution in [0, 0.1) is 26.2 Å². The van der Waals surface area contributed by atoms with E-state index in [-0.39, 0.29) is 17.4 Å². The van der Waals surface area contributed by atoms with Crippen molar-refractivity contribution < 1.29 is 9.90 Å². The molecule has 1 amide bonds. The molecule has 1 aromatic heterocycles.